The Morgan fingerprint density at radius 1 is 1.17 bits per heavy atom. The van der Waals surface area contributed by atoms with Crippen LogP contribution in [-0.2, 0) is 4.79 Å². The van der Waals surface area contributed by atoms with Gasteiger partial charge in [0.05, 0.1) is 10.2 Å². The summed E-state index contributed by atoms with van der Waals surface area (Å²) >= 11 is 3.07. The van der Waals surface area contributed by atoms with Crippen LogP contribution in [-0.4, -0.2) is 47.4 Å². The van der Waals surface area contributed by atoms with Gasteiger partial charge in [-0.25, -0.2) is 19.7 Å². The predicted molar refractivity (Wildman–Crippen MR) is 115 cm³/mol. The highest BCUT2D eigenvalue weighted by Crippen LogP contribution is 2.25. The topological polar surface area (TPSA) is 94.0 Å². The normalized spacial score (nSPS) is 18.9. The second kappa shape index (κ2) is 10.9. The van der Waals surface area contributed by atoms with Crippen LogP contribution in [0.1, 0.15) is 44.9 Å². The van der Waals surface area contributed by atoms with Gasteiger partial charge in [-0.15, -0.1) is 0 Å². The van der Waals surface area contributed by atoms with E-state index in [4.69, 9.17) is 0 Å². The second-order valence-electron chi connectivity index (χ2n) is 7.99. The van der Waals surface area contributed by atoms with E-state index in [9.17, 15) is 19.2 Å². The number of amidine groups is 1. The number of piperidine rings is 1. The standard InChI is InChI=1S/C21H28BrFN4O3/c22-17-12-16(6-7-18(17)23)25-20(26-30)19(28)15-8-10-27(11-9-15)21(29)24-13-14-4-2-1-3-5-14/h6-7,12,14-15,30H,1-5,8-11,13H2,(H,24,29)(H,25,26). The predicted octanol–water partition coefficient (Wildman–Crippen LogP) is 4.17. The Morgan fingerprint density at radius 3 is 2.50 bits per heavy atom. The number of amides is 2. The van der Waals surface area contributed by atoms with Crippen molar-refractivity contribution in [2.75, 3.05) is 19.6 Å². The van der Waals surface area contributed by atoms with E-state index in [2.05, 4.69) is 26.2 Å². The molecule has 0 unspecified atom stereocenters. The number of Topliss-reactive ketones (excluding diaryl/α,β-unsaturated/α-hetero) is 1. The van der Waals surface area contributed by atoms with Crippen LogP contribution in [0.25, 0.3) is 0 Å². The van der Waals surface area contributed by atoms with Crippen LogP contribution < -0.4 is 10.8 Å². The quantitative estimate of drug-likeness (QED) is 0.333. The summed E-state index contributed by atoms with van der Waals surface area (Å²) in [4.78, 5) is 31.0. The summed E-state index contributed by atoms with van der Waals surface area (Å²) in [5, 5.41) is 12.4. The molecule has 1 heterocycles. The maximum Gasteiger partial charge on any atom is 0.317 e. The van der Waals surface area contributed by atoms with Crippen molar-refractivity contribution >= 4 is 39.3 Å². The van der Waals surface area contributed by atoms with Gasteiger partial charge in [-0.05, 0) is 65.7 Å². The fraction of sp³-hybridized carbons (Fsp3) is 0.571. The molecule has 2 fully saturated rings. The van der Waals surface area contributed by atoms with Gasteiger partial charge in [-0.3, -0.25) is 10.0 Å². The van der Waals surface area contributed by atoms with Crippen LogP contribution in [0.5, 0.6) is 0 Å². The molecule has 30 heavy (non-hydrogen) atoms. The molecule has 1 aliphatic carbocycles. The van der Waals surface area contributed by atoms with Gasteiger partial charge in [0.2, 0.25) is 5.78 Å². The van der Waals surface area contributed by atoms with Crippen molar-refractivity contribution in [1.29, 1.82) is 0 Å². The molecule has 2 aliphatic rings. The fourth-order valence-electron chi connectivity index (χ4n) is 4.09. The number of hydrogen-bond donors (Lipinski definition) is 3. The first-order chi connectivity index (χ1) is 14.5. The number of halogens is 2. The van der Waals surface area contributed by atoms with Gasteiger partial charge >= 0.3 is 6.03 Å². The molecule has 0 aromatic heterocycles. The Balaban J connectivity index is 1.51. The molecule has 0 atom stereocenters. The molecule has 0 radical (unpaired) electrons. The lowest BCUT2D eigenvalue weighted by molar-refractivity contribution is -0.118. The van der Waals surface area contributed by atoms with E-state index in [-0.39, 0.29) is 28.0 Å². The largest absolute Gasteiger partial charge is 0.338 e. The number of likely N-dealkylation sites (tertiary alicyclic amines) is 1. The van der Waals surface area contributed by atoms with Crippen LogP contribution in [0.3, 0.4) is 0 Å². The minimum Gasteiger partial charge on any atom is -0.338 e. The highest BCUT2D eigenvalue weighted by atomic mass is 79.9. The van der Waals surface area contributed by atoms with Crippen molar-refractivity contribution in [3.05, 3.63) is 28.5 Å². The fourth-order valence-corrected chi connectivity index (χ4v) is 4.46. The minimum absolute atomic E-state index is 0.0724. The van der Waals surface area contributed by atoms with Crippen molar-refractivity contribution in [2.45, 2.75) is 44.9 Å². The highest BCUT2D eigenvalue weighted by molar-refractivity contribution is 9.10. The second-order valence-corrected chi connectivity index (χ2v) is 8.84. The summed E-state index contributed by atoms with van der Waals surface area (Å²) in [6.45, 7) is 1.68. The third kappa shape index (κ3) is 6.01. The van der Waals surface area contributed by atoms with Gasteiger partial charge in [0.15, 0.2) is 5.84 Å². The lowest BCUT2D eigenvalue weighted by atomic mass is 9.89. The molecule has 1 saturated carbocycles. The number of rotatable bonds is 5. The third-order valence-corrected chi connectivity index (χ3v) is 6.51. The zero-order chi connectivity index (χ0) is 21.5. The number of nitrogens with zero attached hydrogens (tertiary/aromatic N) is 2. The van der Waals surface area contributed by atoms with Crippen LogP contribution >= 0.6 is 15.9 Å². The molecule has 164 valence electrons. The molecule has 3 rings (SSSR count). The van der Waals surface area contributed by atoms with Crippen LogP contribution in [0.4, 0.5) is 14.9 Å². The van der Waals surface area contributed by atoms with E-state index in [0.717, 1.165) is 6.54 Å². The molecule has 3 N–H and O–H groups in total. The number of aliphatic imine (C=N–C) groups is 1. The lowest BCUT2D eigenvalue weighted by Crippen LogP contribution is -2.47. The van der Waals surface area contributed by atoms with Crippen LogP contribution in [0.15, 0.2) is 27.7 Å². The number of hydrogen-bond acceptors (Lipinski definition) is 4. The monoisotopic (exact) mass is 482 g/mol. The minimum atomic E-state index is -0.437. The van der Waals surface area contributed by atoms with E-state index in [1.165, 1.54) is 50.3 Å². The summed E-state index contributed by atoms with van der Waals surface area (Å²) < 4.78 is 13.6. The van der Waals surface area contributed by atoms with E-state index in [1.54, 1.807) is 4.90 Å². The number of benzene rings is 1. The molecule has 1 saturated heterocycles. The molecule has 9 heteroatoms. The van der Waals surface area contributed by atoms with Crippen LogP contribution in [0, 0.1) is 17.7 Å². The van der Waals surface area contributed by atoms with Crippen molar-refractivity contribution in [3.63, 3.8) is 0 Å². The van der Waals surface area contributed by atoms with Crippen molar-refractivity contribution in [2.24, 2.45) is 16.8 Å². The summed E-state index contributed by atoms with van der Waals surface area (Å²) in [6, 6.07) is 4.01. The maximum absolute atomic E-state index is 13.4. The van der Waals surface area contributed by atoms with Gasteiger partial charge < -0.3 is 10.2 Å². The van der Waals surface area contributed by atoms with Gasteiger partial charge in [-0.2, -0.15) is 0 Å². The summed E-state index contributed by atoms with van der Waals surface area (Å²) in [5.41, 5.74) is 2.21. The molecule has 1 aromatic carbocycles. The zero-order valence-electron chi connectivity index (χ0n) is 16.9. The Labute approximate surface area is 184 Å². The third-order valence-electron chi connectivity index (χ3n) is 5.90. The van der Waals surface area contributed by atoms with Crippen molar-refractivity contribution in [3.8, 4) is 0 Å². The zero-order valence-corrected chi connectivity index (χ0v) is 18.5. The van der Waals surface area contributed by atoms with Gasteiger partial charge in [-0.1, -0.05) is 19.3 Å². The number of hydroxylamine groups is 1. The molecule has 7 nitrogen and oxygen atoms in total. The van der Waals surface area contributed by atoms with E-state index >= 15 is 0 Å². The number of urea groups is 1. The van der Waals surface area contributed by atoms with Gasteiger partial charge in [0.1, 0.15) is 5.82 Å². The summed E-state index contributed by atoms with van der Waals surface area (Å²) in [5.74, 6) is -0.709. The highest BCUT2D eigenvalue weighted by Gasteiger charge is 2.30. The van der Waals surface area contributed by atoms with Gasteiger partial charge in [0, 0.05) is 25.6 Å². The Hall–Kier alpha value is -2.00. The molecule has 0 spiro atoms. The van der Waals surface area contributed by atoms with Crippen LogP contribution in [0.2, 0.25) is 0 Å². The summed E-state index contributed by atoms with van der Waals surface area (Å²) in [6.07, 6.45) is 7.14. The Morgan fingerprint density at radius 2 is 1.87 bits per heavy atom. The summed E-state index contributed by atoms with van der Waals surface area (Å²) in [7, 11) is 0. The first-order valence-corrected chi connectivity index (χ1v) is 11.3. The Bertz CT molecular complexity index is 790. The number of carbonyl (C=O) groups is 2. The first kappa shape index (κ1) is 22.7. The van der Waals surface area contributed by atoms with E-state index in [0.29, 0.717) is 37.5 Å². The van der Waals surface area contributed by atoms with Crippen molar-refractivity contribution in [1.82, 2.24) is 15.7 Å². The van der Waals surface area contributed by atoms with E-state index in [1.807, 2.05) is 5.48 Å². The Kier molecular flexibility index (Phi) is 8.21. The first-order valence-electron chi connectivity index (χ1n) is 10.5. The average Bonchev–Trinajstić information content (AvgIpc) is 2.78. The smallest absolute Gasteiger partial charge is 0.317 e. The van der Waals surface area contributed by atoms with E-state index < -0.39 is 5.82 Å². The molecule has 1 aromatic rings. The number of nitrogens with one attached hydrogen (secondary N) is 2. The molecule has 2 amide bonds. The van der Waals surface area contributed by atoms with Crippen molar-refractivity contribution < 1.29 is 19.2 Å². The number of ketones is 1. The van der Waals surface area contributed by atoms with Gasteiger partial charge in [0.25, 0.3) is 0 Å². The lowest BCUT2D eigenvalue weighted by Gasteiger charge is -2.32. The average molecular weight is 483 g/mol. The molecular weight excluding hydrogens is 455 g/mol. The SMILES string of the molecule is O=C(C(=Nc1ccc(F)c(Br)c1)NO)C1CCN(C(=O)NCC2CCCCC2)CC1. The molecule has 1 aliphatic heterocycles. The maximum atomic E-state index is 13.4. The number of carbonyl (C=O) groups excluding carboxylic acids is 2. The molecule has 0 bridgehead atoms. The molecular formula is C21H28BrFN4O3.